The highest BCUT2D eigenvalue weighted by molar-refractivity contribution is 6.28. The van der Waals surface area contributed by atoms with Crippen LogP contribution in [0.4, 0.5) is 10.5 Å². The van der Waals surface area contributed by atoms with E-state index in [-0.39, 0.29) is 24.4 Å². The van der Waals surface area contributed by atoms with Gasteiger partial charge in [-0.2, -0.15) is 0 Å². The number of likely N-dealkylation sites (N-methyl/N-ethyl adjacent to an activating group) is 1. The van der Waals surface area contributed by atoms with Gasteiger partial charge in [0.05, 0.1) is 5.69 Å². The fourth-order valence-electron chi connectivity index (χ4n) is 2.70. The van der Waals surface area contributed by atoms with Crippen molar-refractivity contribution in [1.29, 1.82) is 0 Å². The number of hydrogen-bond acceptors (Lipinski definition) is 7. The van der Waals surface area contributed by atoms with Gasteiger partial charge in [0.2, 0.25) is 5.28 Å². The van der Waals surface area contributed by atoms with Gasteiger partial charge in [-0.25, -0.2) is 14.8 Å². The number of carbonyl (C=O) groups is 2. The average Bonchev–Trinajstić information content (AvgIpc) is 2.78. The molecule has 1 aromatic carbocycles. The fourth-order valence-corrected chi connectivity index (χ4v) is 2.80. The number of nitrogens with zero attached hydrogens (tertiary/aromatic N) is 3. The van der Waals surface area contributed by atoms with Crippen molar-refractivity contribution in [2.24, 2.45) is 0 Å². The number of carbonyl (C=O) groups excluding carboxylic acids is 2. The quantitative estimate of drug-likeness (QED) is 0.738. The second-order valence-corrected chi connectivity index (χ2v) is 8.02. The predicted octanol–water partition coefficient (Wildman–Crippen LogP) is 2.96. The first-order valence-electron chi connectivity index (χ1n) is 9.25. The van der Waals surface area contributed by atoms with Crippen LogP contribution in [0.2, 0.25) is 5.28 Å². The molecule has 1 aromatic heterocycles. The summed E-state index contributed by atoms with van der Waals surface area (Å²) < 4.78 is 16.7. The summed E-state index contributed by atoms with van der Waals surface area (Å²) in [6.07, 6.45) is 2.47. The molecule has 9 nitrogen and oxygen atoms in total. The topological polar surface area (TPSA) is 103 Å². The molecule has 0 saturated heterocycles. The van der Waals surface area contributed by atoms with E-state index in [0.29, 0.717) is 17.2 Å². The number of benzene rings is 1. The Morgan fingerprint density at radius 3 is 2.70 bits per heavy atom. The van der Waals surface area contributed by atoms with Crippen molar-refractivity contribution in [1.82, 2.24) is 15.3 Å². The van der Waals surface area contributed by atoms with Crippen LogP contribution in [0.5, 0.6) is 11.5 Å². The summed E-state index contributed by atoms with van der Waals surface area (Å²) in [5, 5.41) is 2.73. The Morgan fingerprint density at radius 2 is 2.03 bits per heavy atom. The average molecular weight is 435 g/mol. The maximum absolute atomic E-state index is 12.8. The Kier molecular flexibility index (Phi) is 6.31. The minimum absolute atomic E-state index is 0.0161. The molecule has 1 aliphatic heterocycles. The molecule has 0 aliphatic carbocycles. The number of amides is 2. The van der Waals surface area contributed by atoms with Crippen molar-refractivity contribution < 1.29 is 23.8 Å². The van der Waals surface area contributed by atoms with Gasteiger partial charge in [-0.15, -0.1) is 0 Å². The maximum atomic E-state index is 12.8. The van der Waals surface area contributed by atoms with Crippen molar-refractivity contribution >= 4 is 29.3 Å². The van der Waals surface area contributed by atoms with E-state index in [1.807, 2.05) is 0 Å². The van der Waals surface area contributed by atoms with Crippen molar-refractivity contribution in [2.75, 3.05) is 18.6 Å². The Bertz CT molecular complexity index is 930. The molecule has 2 aromatic rings. The molecule has 30 heavy (non-hydrogen) atoms. The normalized spacial score (nSPS) is 16.2. The first-order valence-corrected chi connectivity index (χ1v) is 9.63. The summed E-state index contributed by atoms with van der Waals surface area (Å²) in [6.45, 7) is 5.46. The van der Waals surface area contributed by atoms with Gasteiger partial charge >= 0.3 is 6.09 Å². The lowest BCUT2D eigenvalue weighted by atomic mass is 10.2. The predicted molar refractivity (Wildman–Crippen MR) is 110 cm³/mol. The van der Waals surface area contributed by atoms with Crippen LogP contribution in [0, 0.1) is 0 Å². The van der Waals surface area contributed by atoms with Crippen LogP contribution >= 0.6 is 11.6 Å². The van der Waals surface area contributed by atoms with Crippen LogP contribution in [-0.2, 0) is 16.1 Å². The molecule has 160 valence electrons. The molecule has 0 bridgehead atoms. The fraction of sp³-hybridized carbons (Fsp3) is 0.400. The highest BCUT2D eigenvalue weighted by atomic mass is 35.5. The number of hydrogen-bond donors (Lipinski definition) is 1. The maximum Gasteiger partial charge on any atom is 0.408 e. The monoisotopic (exact) mass is 434 g/mol. The van der Waals surface area contributed by atoms with E-state index in [1.165, 1.54) is 4.90 Å². The molecule has 1 atom stereocenters. The number of fused-ring (bicyclic) bond motifs is 1. The molecule has 1 N–H and O–H groups in total. The van der Waals surface area contributed by atoms with Gasteiger partial charge in [0, 0.05) is 31.1 Å². The second kappa shape index (κ2) is 8.74. The first-order chi connectivity index (χ1) is 14.1. The smallest absolute Gasteiger partial charge is 0.408 e. The van der Waals surface area contributed by atoms with E-state index >= 15 is 0 Å². The van der Waals surface area contributed by atoms with E-state index in [4.69, 9.17) is 25.8 Å². The van der Waals surface area contributed by atoms with Gasteiger partial charge in [0.15, 0.2) is 0 Å². The third-order valence-electron chi connectivity index (χ3n) is 4.10. The summed E-state index contributed by atoms with van der Waals surface area (Å²) >= 11 is 5.68. The molecular weight excluding hydrogens is 412 g/mol. The van der Waals surface area contributed by atoms with Crippen LogP contribution in [0.1, 0.15) is 26.3 Å². The molecule has 0 unspecified atom stereocenters. The van der Waals surface area contributed by atoms with Gasteiger partial charge in [-0.05, 0) is 44.5 Å². The minimum Gasteiger partial charge on any atom is -0.489 e. The molecule has 3 rings (SSSR count). The molecule has 1 aliphatic rings. The van der Waals surface area contributed by atoms with E-state index in [2.05, 4.69) is 15.3 Å². The molecule has 0 fully saturated rings. The third-order valence-corrected chi connectivity index (χ3v) is 4.29. The summed E-state index contributed by atoms with van der Waals surface area (Å²) in [5.74, 6) is 0.704. The van der Waals surface area contributed by atoms with E-state index in [0.717, 1.165) is 5.56 Å². The lowest BCUT2D eigenvalue weighted by Gasteiger charge is -2.23. The molecule has 2 heterocycles. The number of nitrogens with one attached hydrogen (secondary N) is 1. The summed E-state index contributed by atoms with van der Waals surface area (Å²) in [4.78, 5) is 34.1. The van der Waals surface area contributed by atoms with E-state index in [9.17, 15) is 9.59 Å². The summed E-state index contributed by atoms with van der Waals surface area (Å²) in [5.41, 5.74) is 0.601. The molecular formula is C20H23ClN4O5. The number of halogens is 1. The van der Waals surface area contributed by atoms with Crippen LogP contribution < -0.4 is 19.7 Å². The minimum atomic E-state index is -0.882. The molecule has 0 saturated carbocycles. The van der Waals surface area contributed by atoms with Gasteiger partial charge in [-0.1, -0.05) is 0 Å². The number of anilines is 1. The Labute approximate surface area is 179 Å². The number of alkyl carbamates (subject to hydrolysis) is 1. The molecule has 2 amide bonds. The molecule has 0 spiro atoms. The largest absolute Gasteiger partial charge is 0.489 e. The van der Waals surface area contributed by atoms with Crippen molar-refractivity contribution in [3.8, 4) is 11.5 Å². The zero-order valence-electron chi connectivity index (χ0n) is 17.1. The Hall–Kier alpha value is -3.07. The highest BCUT2D eigenvalue weighted by Gasteiger charge is 2.32. The van der Waals surface area contributed by atoms with Crippen molar-refractivity contribution in [3.63, 3.8) is 0 Å². The molecule has 0 radical (unpaired) electrons. The number of rotatable bonds is 4. The van der Waals surface area contributed by atoms with Gasteiger partial charge < -0.3 is 24.4 Å². The van der Waals surface area contributed by atoms with E-state index in [1.54, 1.807) is 58.4 Å². The van der Waals surface area contributed by atoms with Crippen molar-refractivity contribution in [2.45, 2.75) is 39.0 Å². The lowest BCUT2D eigenvalue weighted by molar-refractivity contribution is -0.120. The Morgan fingerprint density at radius 1 is 1.33 bits per heavy atom. The third kappa shape index (κ3) is 5.50. The molecule has 10 heteroatoms. The van der Waals surface area contributed by atoms with Crippen LogP contribution in [0.25, 0.3) is 0 Å². The van der Waals surface area contributed by atoms with E-state index < -0.39 is 17.7 Å². The van der Waals surface area contributed by atoms with Crippen LogP contribution in [0.15, 0.2) is 30.6 Å². The first kappa shape index (κ1) is 21.6. The zero-order chi connectivity index (χ0) is 21.9. The number of ether oxygens (including phenoxy) is 3. The summed E-state index contributed by atoms with van der Waals surface area (Å²) in [7, 11) is 1.61. The highest BCUT2D eigenvalue weighted by Crippen LogP contribution is 2.34. The standard InChI is InChI=1S/C20H23ClN4O5/c1-20(2,3)30-19(27)24-14-11-29-16-6-5-13(7-15(16)25(4)17(14)26)28-10-12-8-22-18(21)23-9-12/h5-9,14H,10-11H2,1-4H3,(H,24,27)/t14-/m0/s1. The number of aromatic nitrogens is 2. The summed E-state index contributed by atoms with van der Waals surface area (Å²) in [6, 6.07) is 4.26. The zero-order valence-corrected chi connectivity index (χ0v) is 17.9. The Balaban J connectivity index is 1.69. The van der Waals surface area contributed by atoms with Gasteiger partial charge in [-0.3, -0.25) is 4.79 Å². The van der Waals surface area contributed by atoms with Gasteiger partial charge in [0.25, 0.3) is 5.91 Å². The van der Waals surface area contributed by atoms with Crippen molar-refractivity contribution in [3.05, 3.63) is 41.4 Å². The van der Waals surface area contributed by atoms with Crippen LogP contribution in [-0.4, -0.2) is 47.3 Å². The van der Waals surface area contributed by atoms with Crippen LogP contribution in [0.3, 0.4) is 0 Å². The second-order valence-electron chi connectivity index (χ2n) is 7.69. The lowest BCUT2D eigenvalue weighted by Crippen LogP contribution is -2.50. The van der Waals surface area contributed by atoms with Gasteiger partial charge in [0.1, 0.15) is 36.4 Å². The SMILES string of the molecule is CN1C(=O)[C@@H](NC(=O)OC(C)(C)C)COc2ccc(OCc3cnc(Cl)nc3)cc21.